The summed E-state index contributed by atoms with van der Waals surface area (Å²) >= 11 is 0. The Morgan fingerprint density at radius 3 is 2.40 bits per heavy atom. The summed E-state index contributed by atoms with van der Waals surface area (Å²) in [7, 11) is 0. The van der Waals surface area contributed by atoms with Gasteiger partial charge < -0.3 is 15.1 Å². The zero-order valence-corrected chi connectivity index (χ0v) is 8.98. The fourth-order valence-electron chi connectivity index (χ4n) is 2.71. The molecule has 0 amide bonds. The Morgan fingerprint density at radius 1 is 1.33 bits per heavy atom. The highest BCUT2D eigenvalue weighted by atomic mass is 16.4. The molecule has 2 rings (SSSR count). The minimum atomic E-state index is -0.730. The van der Waals surface area contributed by atoms with Crippen LogP contribution in [0.2, 0.25) is 0 Å². The molecular weight excluding hydrogens is 194 g/mol. The second-order valence-corrected chi connectivity index (χ2v) is 4.95. The highest BCUT2D eigenvalue weighted by Gasteiger charge is 2.49. The first-order valence-corrected chi connectivity index (χ1v) is 5.76. The van der Waals surface area contributed by atoms with Gasteiger partial charge in [-0.05, 0) is 51.7 Å². The molecule has 2 fully saturated rings. The number of rotatable bonds is 4. The van der Waals surface area contributed by atoms with Crippen molar-refractivity contribution in [2.24, 2.45) is 5.41 Å². The summed E-state index contributed by atoms with van der Waals surface area (Å²) in [5.74, 6) is -0.730. The third-order valence-electron chi connectivity index (χ3n) is 3.81. The van der Waals surface area contributed by atoms with Crippen LogP contribution in [0.5, 0.6) is 0 Å². The summed E-state index contributed by atoms with van der Waals surface area (Å²) in [4.78, 5) is 13.5. The Kier molecular flexibility index (Phi) is 2.98. The zero-order chi connectivity index (χ0) is 10.9. The third-order valence-corrected chi connectivity index (χ3v) is 3.81. The van der Waals surface area contributed by atoms with Crippen LogP contribution < -0.4 is 0 Å². The summed E-state index contributed by atoms with van der Waals surface area (Å²) in [5.41, 5.74) is -0.623. The van der Waals surface area contributed by atoms with Gasteiger partial charge in [0, 0.05) is 0 Å². The molecule has 1 aliphatic carbocycles. The summed E-state index contributed by atoms with van der Waals surface area (Å²) in [6, 6.07) is 0. The number of nitrogens with zero attached hydrogens (tertiary/aromatic N) is 1. The highest BCUT2D eigenvalue weighted by molar-refractivity contribution is 5.76. The first-order valence-electron chi connectivity index (χ1n) is 5.76. The molecule has 0 aromatic carbocycles. The van der Waals surface area contributed by atoms with Crippen molar-refractivity contribution in [3.05, 3.63) is 0 Å². The number of aliphatic hydroxyl groups excluding tert-OH is 1. The zero-order valence-electron chi connectivity index (χ0n) is 8.98. The van der Waals surface area contributed by atoms with Crippen molar-refractivity contribution < 1.29 is 15.0 Å². The van der Waals surface area contributed by atoms with Crippen LogP contribution in [0.25, 0.3) is 0 Å². The van der Waals surface area contributed by atoms with Crippen LogP contribution in [0.15, 0.2) is 0 Å². The van der Waals surface area contributed by atoms with E-state index in [-0.39, 0.29) is 6.10 Å². The molecule has 0 bridgehead atoms. The second-order valence-electron chi connectivity index (χ2n) is 4.95. The van der Waals surface area contributed by atoms with Crippen LogP contribution >= 0.6 is 0 Å². The Bertz CT molecular complexity index is 242. The van der Waals surface area contributed by atoms with E-state index < -0.39 is 11.4 Å². The molecule has 0 spiro atoms. The fraction of sp³-hybridized carbons (Fsp3) is 0.909. The van der Waals surface area contributed by atoms with E-state index in [4.69, 9.17) is 5.11 Å². The molecule has 15 heavy (non-hydrogen) atoms. The molecule has 2 aliphatic rings. The van der Waals surface area contributed by atoms with Gasteiger partial charge in [0.1, 0.15) is 0 Å². The van der Waals surface area contributed by atoms with Crippen molar-refractivity contribution in [2.45, 2.75) is 38.2 Å². The maximum Gasteiger partial charge on any atom is 0.309 e. The normalized spacial score (nSPS) is 36.5. The Balaban J connectivity index is 1.82. The molecule has 1 saturated heterocycles. The van der Waals surface area contributed by atoms with Gasteiger partial charge in [-0.2, -0.15) is 0 Å². The van der Waals surface area contributed by atoms with Crippen LogP contribution in [0.4, 0.5) is 0 Å². The average molecular weight is 213 g/mol. The summed E-state index contributed by atoms with van der Waals surface area (Å²) in [5, 5.41) is 18.4. The molecular formula is C11H19NO3. The van der Waals surface area contributed by atoms with Crippen LogP contribution in [-0.2, 0) is 4.79 Å². The van der Waals surface area contributed by atoms with Crippen LogP contribution in [-0.4, -0.2) is 46.8 Å². The van der Waals surface area contributed by atoms with Crippen molar-refractivity contribution in [3.63, 3.8) is 0 Å². The van der Waals surface area contributed by atoms with E-state index in [0.717, 1.165) is 19.6 Å². The number of aliphatic hydroxyl groups is 1. The number of carbonyl (C=O) groups is 1. The highest BCUT2D eigenvalue weighted by Crippen LogP contribution is 2.44. The number of likely N-dealkylation sites (tertiary alicyclic amines) is 1. The van der Waals surface area contributed by atoms with E-state index in [2.05, 4.69) is 4.90 Å². The summed E-state index contributed by atoms with van der Waals surface area (Å²) in [6.07, 6.45) is 3.66. The van der Waals surface area contributed by atoms with Gasteiger partial charge in [-0.1, -0.05) is 0 Å². The lowest BCUT2D eigenvalue weighted by molar-refractivity contribution is -0.164. The van der Waals surface area contributed by atoms with Gasteiger partial charge in [0.25, 0.3) is 0 Å². The molecule has 1 heterocycles. The molecule has 2 N–H and O–H groups in total. The van der Waals surface area contributed by atoms with Gasteiger partial charge in [-0.15, -0.1) is 0 Å². The smallest absolute Gasteiger partial charge is 0.309 e. The van der Waals surface area contributed by atoms with Gasteiger partial charge in [0.15, 0.2) is 0 Å². The largest absolute Gasteiger partial charge is 0.481 e. The number of aliphatic carboxylic acids is 1. The van der Waals surface area contributed by atoms with Gasteiger partial charge >= 0.3 is 5.97 Å². The van der Waals surface area contributed by atoms with E-state index in [0.29, 0.717) is 19.3 Å². The summed E-state index contributed by atoms with van der Waals surface area (Å²) < 4.78 is 0. The van der Waals surface area contributed by atoms with Crippen molar-refractivity contribution in [2.75, 3.05) is 19.6 Å². The first kappa shape index (κ1) is 10.9. The van der Waals surface area contributed by atoms with Crippen molar-refractivity contribution in [1.82, 2.24) is 4.90 Å². The SMILES string of the molecule is O=C(O)C1(CCN2CCCC2)CC(O)C1. The van der Waals surface area contributed by atoms with Gasteiger partial charge in [-0.3, -0.25) is 4.79 Å². The number of hydrogen-bond donors (Lipinski definition) is 2. The van der Waals surface area contributed by atoms with Crippen molar-refractivity contribution in [1.29, 1.82) is 0 Å². The molecule has 0 aromatic rings. The molecule has 1 aliphatic heterocycles. The molecule has 0 aromatic heterocycles. The second kappa shape index (κ2) is 4.10. The van der Waals surface area contributed by atoms with Gasteiger partial charge in [0.05, 0.1) is 11.5 Å². The fourth-order valence-corrected chi connectivity index (χ4v) is 2.71. The quantitative estimate of drug-likeness (QED) is 0.721. The number of carboxylic acids is 1. The predicted molar refractivity (Wildman–Crippen MR) is 55.6 cm³/mol. The summed E-state index contributed by atoms with van der Waals surface area (Å²) in [6.45, 7) is 3.09. The lowest BCUT2D eigenvalue weighted by Gasteiger charge is -2.42. The van der Waals surface area contributed by atoms with Crippen molar-refractivity contribution >= 4 is 5.97 Å². The van der Waals surface area contributed by atoms with E-state index in [1.165, 1.54) is 12.8 Å². The Hall–Kier alpha value is -0.610. The lowest BCUT2D eigenvalue weighted by atomic mass is 9.65. The number of carboxylic acid groups (broad SMARTS) is 1. The van der Waals surface area contributed by atoms with Gasteiger partial charge in [-0.25, -0.2) is 0 Å². The van der Waals surface area contributed by atoms with Crippen LogP contribution in [0.1, 0.15) is 32.1 Å². The maximum absolute atomic E-state index is 11.1. The van der Waals surface area contributed by atoms with E-state index >= 15 is 0 Å². The first-order chi connectivity index (χ1) is 7.12. The van der Waals surface area contributed by atoms with Crippen LogP contribution in [0, 0.1) is 5.41 Å². The van der Waals surface area contributed by atoms with E-state index in [1.807, 2.05) is 0 Å². The van der Waals surface area contributed by atoms with Crippen molar-refractivity contribution in [3.8, 4) is 0 Å². The Labute approximate surface area is 89.9 Å². The topological polar surface area (TPSA) is 60.8 Å². The maximum atomic E-state index is 11.1. The van der Waals surface area contributed by atoms with E-state index in [1.54, 1.807) is 0 Å². The molecule has 1 saturated carbocycles. The van der Waals surface area contributed by atoms with Gasteiger partial charge in [0.2, 0.25) is 0 Å². The average Bonchev–Trinajstić information content (AvgIpc) is 2.62. The minimum Gasteiger partial charge on any atom is -0.481 e. The molecule has 0 unspecified atom stereocenters. The standard InChI is InChI=1S/C11H19NO3/c13-9-7-11(8-9,10(14)15)3-6-12-4-1-2-5-12/h9,13H,1-8H2,(H,14,15). The molecule has 86 valence electrons. The van der Waals surface area contributed by atoms with Crippen LogP contribution in [0.3, 0.4) is 0 Å². The molecule has 0 atom stereocenters. The lowest BCUT2D eigenvalue weighted by Crippen LogP contribution is -2.48. The predicted octanol–water partition coefficient (Wildman–Crippen LogP) is 0.698. The third kappa shape index (κ3) is 2.16. The molecule has 0 radical (unpaired) electrons. The van der Waals surface area contributed by atoms with E-state index in [9.17, 15) is 9.90 Å². The molecule has 4 nitrogen and oxygen atoms in total. The minimum absolute atomic E-state index is 0.389. The number of hydrogen-bond acceptors (Lipinski definition) is 3. The monoisotopic (exact) mass is 213 g/mol. The Morgan fingerprint density at radius 2 is 1.93 bits per heavy atom. The molecule has 4 heteroatoms.